The Morgan fingerprint density at radius 1 is 1.05 bits per heavy atom. The third-order valence-corrected chi connectivity index (χ3v) is 12.2. The molecule has 4 rings (SSSR count). The van der Waals surface area contributed by atoms with Crippen LogP contribution in [0.25, 0.3) is 0 Å². The molecule has 0 saturated heterocycles. The van der Waals surface area contributed by atoms with Crippen molar-refractivity contribution in [3.63, 3.8) is 0 Å². The fraction of sp³-hybridized carbons (Fsp3) is 0.735. The Morgan fingerprint density at radius 3 is 2.29 bits per heavy atom. The topological polar surface area (TPSA) is 110 Å². The molecule has 4 aliphatic carbocycles. The monoisotopic (exact) mass is 570 g/mol. The summed E-state index contributed by atoms with van der Waals surface area (Å²) in [6.07, 6.45) is 9.52. The molecular formula is C34H50O7. The summed E-state index contributed by atoms with van der Waals surface area (Å²) in [5, 5.41) is 20.3. The second-order valence-corrected chi connectivity index (χ2v) is 14.5. The minimum absolute atomic E-state index is 0.0496. The van der Waals surface area contributed by atoms with Gasteiger partial charge in [-0.2, -0.15) is 0 Å². The van der Waals surface area contributed by atoms with Crippen LogP contribution in [0.15, 0.2) is 34.9 Å². The third kappa shape index (κ3) is 4.90. The van der Waals surface area contributed by atoms with E-state index in [2.05, 4.69) is 53.7 Å². The van der Waals surface area contributed by atoms with Crippen LogP contribution in [0.3, 0.4) is 0 Å². The molecule has 0 heterocycles. The minimum atomic E-state index is -0.992. The summed E-state index contributed by atoms with van der Waals surface area (Å²) < 4.78 is 12.0. The molecule has 0 radical (unpaired) electrons. The van der Waals surface area contributed by atoms with Crippen molar-refractivity contribution in [2.75, 3.05) is 0 Å². The first-order valence-corrected chi connectivity index (χ1v) is 15.3. The van der Waals surface area contributed by atoms with Gasteiger partial charge in [0.25, 0.3) is 0 Å². The van der Waals surface area contributed by atoms with Gasteiger partial charge < -0.3 is 19.7 Å². The second-order valence-electron chi connectivity index (χ2n) is 14.5. The van der Waals surface area contributed by atoms with Gasteiger partial charge in [-0.05, 0) is 84.2 Å². The lowest BCUT2D eigenvalue weighted by atomic mass is 9.44. The van der Waals surface area contributed by atoms with E-state index in [9.17, 15) is 24.6 Å². The Labute approximate surface area is 245 Å². The first-order chi connectivity index (χ1) is 18.9. The summed E-state index contributed by atoms with van der Waals surface area (Å²) in [7, 11) is 0. The third-order valence-electron chi connectivity index (χ3n) is 12.2. The number of allylic oxidation sites excluding steroid dienone is 3. The van der Waals surface area contributed by atoms with Gasteiger partial charge in [0.05, 0.1) is 6.10 Å². The number of aliphatic hydroxyl groups excluding tert-OH is 1. The van der Waals surface area contributed by atoms with Gasteiger partial charge >= 0.3 is 17.9 Å². The number of rotatable bonds is 7. The van der Waals surface area contributed by atoms with Gasteiger partial charge in [0, 0.05) is 31.3 Å². The minimum Gasteiger partial charge on any atom is -0.478 e. The summed E-state index contributed by atoms with van der Waals surface area (Å²) >= 11 is 0. The molecule has 0 bridgehead atoms. The zero-order chi connectivity index (χ0) is 30.7. The summed E-state index contributed by atoms with van der Waals surface area (Å²) in [6.45, 7) is 17.8. The highest BCUT2D eigenvalue weighted by Gasteiger charge is 2.68. The van der Waals surface area contributed by atoms with Crippen LogP contribution < -0.4 is 0 Å². The number of carboxylic acid groups (broad SMARTS) is 1. The van der Waals surface area contributed by atoms with Gasteiger partial charge in [0.15, 0.2) is 0 Å². The Hall–Kier alpha value is -2.41. The van der Waals surface area contributed by atoms with Crippen LogP contribution in [0.2, 0.25) is 0 Å². The van der Waals surface area contributed by atoms with Crippen LogP contribution in [0.4, 0.5) is 0 Å². The Kier molecular flexibility index (Phi) is 8.22. The molecule has 9 atom stereocenters. The predicted molar refractivity (Wildman–Crippen MR) is 157 cm³/mol. The Bertz CT molecular complexity index is 1190. The van der Waals surface area contributed by atoms with E-state index in [1.54, 1.807) is 13.0 Å². The van der Waals surface area contributed by atoms with E-state index < -0.39 is 23.5 Å². The Balaban J connectivity index is 1.79. The van der Waals surface area contributed by atoms with Crippen molar-refractivity contribution in [3.05, 3.63) is 34.9 Å². The normalized spacial score (nSPS) is 39.2. The van der Waals surface area contributed by atoms with Gasteiger partial charge in [-0.25, -0.2) is 4.79 Å². The number of hydrogen-bond acceptors (Lipinski definition) is 6. The van der Waals surface area contributed by atoms with Gasteiger partial charge in [0.1, 0.15) is 12.2 Å². The molecule has 0 amide bonds. The van der Waals surface area contributed by atoms with Crippen LogP contribution in [-0.2, 0) is 23.9 Å². The summed E-state index contributed by atoms with van der Waals surface area (Å²) in [5.74, 6) is -1.44. The number of esters is 2. The zero-order valence-corrected chi connectivity index (χ0v) is 26.4. The summed E-state index contributed by atoms with van der Waals surface area (Å²) in [5.41, 5.74) is 1.79. The molecule has 2 unspecified atom stereocenters. The molecular weight excluding hydrogens is 520 g/mol. The SMILES string of the molecule is CC(=O)O[C@@H](C/C=C(\C)C(=O)O)[C@@H](C)C1C[C@H](OC(C)=O)[C@@]2(C)C3=CCC4C(C)(C)[C@H](O)CC[C@]4(C)C3=CC[C@]12C. The molecule has 2 saturated carbocycles. The molecule has 0 aromatic carbocycles. The highest BCUT2D eigenvalue weighted by molar-refractivity contribution is 5.85. The molecule has 2 N–H and O–H groups in total. The molecule has 4 aliphatic rings. The molecule has 0 aromatic heterocycles. The molecule has 41 heavy (non-hydrogen) atoms. The average Bonchev–Trinajstić information content (AvgIpc) is 3.10. The molecule has 0 aromatic rings. The first-order valence-electron chi connectivity index (χ1n) is 15.3. The van der Waals surface area contributed by atoms with Crippen LogP contribution >= 0.6 is 0 Å². The van der Waals surface area contributed by atoms with Crippen molar-refractivity contribution < 1.29 is 34.1 Å². The number of carbonyl (C=O) groups is 3. The largest absolute Gasteiger partial charge is 0.478 e. The fourth-order valence-corrected chi connectivity index (χ4v) is 9.43. The van der Waals surface area contributed by atoms with E-state index in [-0.39, 0.29) is 51.8 Å². The summed E-state index contributed by atoms with van der Waals surface area (Å²) in [4.78, 5) is 36.1. The maximum absolute atomic E-state index is 12.5. The van der Waals surface area contributed by atoms with Crippen LogP contribution in [0, 0.1) is 39.4 Å². The second kappa shape index (κ2) is 10.7. The number of fused-ring (bicyclic) bond motifs is 5. The first kappa shape index (κ1) is 31.5. The van der Waals surface area contributed by atoms with Crippen LogP contribution in [0.5, 0.6) is 0 Å². The van der Waals surface area contributed by atoms with Crippen molar-refractivity contribution >= 4 is 17.9 Å². The molecule has 0 spiro atoms. The fourth-order valence-electron chi connectivity index (χ4n) is 9.43. The quantitative estimate of drug-likeness (QED) is 0.269. The molecule has 0 aliphatic heterocycles. The van der Waals surface area contributed by atoms with Crippen molar-refractivity contribution in [1.82, 2.24) is 0 Å². The van der Waals surface area contributed by atoms with Crippen molar-refractivity contribution in [2.45, 2.75) is 119 Å². The van der Waals surface area contributed by atoms with E-state index in [1.165, 1.54) is 25.0 Å². The van der Waals surface area contributed by atoms with E-state index in [0.717, 1.165) is 25.7 Å². The number of carbonyl (C=O) groups excluding carboxylic acids is 2. The predicted octanol–water partition coefficient (Wildman–Crippen LogP) is 6.40. The molecule has 7 heteroatoms. The number of carboxylic acids is 1. The average molecular weight is 571 g/mol. The number of ether oxygens (including phenoxy) is 2. The molecule has 2 fully saturated rings. The lowest BCUT2D eigenvalue weighted by Gasteiger charge is -2.61. The highest BCUT2D eigenvalue weighted by atomic mass is 16.5. The van der Waals surface area contributed by atoms with Crippen LogP contribution in [0.1, 0.15) is 101 Å². The van der Waals surface area contributed by atoms with Crippen molar-refractivity contribution in [2.24, 2.45) is 39.4 Å². The van der Waals surface area contributed by atoms with Gasteiger partial charge in [-0.3, -0.25) is 9.59 Å². The van der Waals surface area contributed by atoms with E-state index in [0.29, 0.717) is 18.8 Å². The maximum Gasteiger partial charge on any atom is 0.330 e. The Morgan fingerprint density at radius 2 is 1.71 bits per heavy atom. The number of aliphatic hydroxyl groups is 1. The van der Waals surface area contributed by atoms with E-state index in [1.807, 2.05) is 0 Å². The van der Waals surface area contributed by atoms with Crippen molar-refractivity contribution in [3.8, 4) is 0 Å². The smallest absolute Gasteiger partial charge is 0.330 e. The maximum atomic E-state index is 12.5. The molecule has 7 nitrogen and oxygen atoms in total. The van der Waals surface area contributed by atoms with Crippen LogP contribution in [-0.4, -0.2) is 46.4 Å². The van der Waals surface area contributed by atoms with E-state index in [4.69, 9.17) is 9.47 Å². The standard InChI is InChI=1S/C34H50O7/c1-19(30(38)39)10-12-26(40-21(3)35)20(2)25-18-29(41-22(4)36)34(9)24-11-13-27-31(5,6)28(37)15-16-32(27,7)23(24)14-17-33(25,34)8/h10-11,14,20,25-29,37H,12-13,15-18H2,1-9H3,(H,38,39)/b19-10+/t20-,25?,26-,27?,28+,29-,32+,33+,34+/m0/s1. The number of aliphatic carboxylic acids is 1. The summed E-state index contributed by atoms with van der Waals surface area (Å²) in [6, 6.07) is 0. The highest BCUT2D eigenvalue weighted by Crippen LogP contribution is 2.72. The van der Waals surface area contributed by atoms with Gasteiger partial charge in [0.2, 0.25) is 0 Å². The lowest BCUT2D eigenvalue weighted by Crippen LogP contribution is -2.56. The molecule has 228 valence electrons. The van der Waals surface area contributed by atoms with Gasteiger partial charge in [-0.1, -0.05) is 59.8 Å². The van der Waals surface area contributed by atoms with Gasteiger partial charge in [-0.15, -0.1) is 0 Å². The number of hydrogen-bond donors (Lipinski definition) is 2. The van der Waals surface area contributed by atoms with E-state index >= 15 is 0 Å². The lowest BCUT2D eigenvalue weighted by molar-refractivity contribution is -0.153. The zero-order valence-electron chi connectivity index (χ0n) is 26.4. The van der Waals surface area contributed by atoms with Crippen molar-refractivity contribution in [1.29, 1.82) is 0 Å².